The molecule has 0 bridgehead atoms. The van der Waals surface area contributed by atoms with Crippen molar-refractivity contribution in [1.29, 1.82) is 0 Å². The first-order valence-corrected chi connectivity index (χ1v) is 10.6. The number of fused-ring (bicyclic) bond motifs is 1. The average molecular weight is 455 g/mol. The van der Waals surface area contributed by atoms with E-state index >= 15 is 0 Å². The summed E-state index contributed by atoms with van der Waals surface area (Å²) in [5, 5.41) is 0.622. The second-order valence-electron chi connectivity index (χ2n) is 6.90. The Morgan fingerprint density at radius 1 is 1.13 bits per heavy atom. The number of ether oxygens (including phenoxy) is 2. The van der Waals surface area contributed by atoms with Crippen molar-refractivity contribution < 1.29 is 14.3 Å². The number of rotatable bonds is 4. The highest BCUT2D eigenvalue weighted by Crippen LogP contribution is 2.31. The Kier molecular flexibility index (Phi) is 5.80. The first kappa shape index (κ1) is 21.1. The first-order chi connectivity index (χ1) is 14.9. The minimum Gasteiger partial charge on any atom is -0.497 e. The summed E-state index contributed by atoms with van der Waals surface area (Å²) in [6, 6.07) is 13.8. The lowest BCUT2D eigenvalue weighted by Crippen LogP contribution is -2.39. The third-order valence-corrected chi connectivity index (χ3v) is 6.26. The molecule has 1 aliphatic heterocycles. The average Bonchev–Trinajstić information content (AvgIpc) is 3.08. The summed E-state index contributed by atoms with van der Waals surface area (Å²) in [5.41, 5.74) is 2.23. The molecule has 1 atom stereocenters. The standard InChI is InChI=1S/C23H19ClN2O4S/c1-13-19(22(28)30-3)20(15-6-10-17(29-2)11-7-15)26-21(27)18(31-23(26)25-13)12-14-4-8-16(24)9-5-14/h4-12,20H,1-3H3/b18-12-. The van der Waals surface area contributed by atoms with E-state index in [-0.39, 0.29) is 5.56 Å². The molecule has 8 heteroatoms. The Bertz CT molecular complexity index is 1350. The van der Waals surface area contributed by atoms with Gasteiger partial charge in [0.15, 0.2) is 4.80 Å². The van der Waals surface area contributed by atoms with Crippen molar-refractivity contribution >= 4 is 35.0 Å². The summed E-state index contributed by atoms with van der Waals surface area (Å²) in [4.78, 5) is 31.1. The van der Waals surface area contributed by atoms with Crippen molar-refractivity contribution in [2.24, 2.45) is 4.99 Å². The number of allylic oxidation sites excluding steroid dienone is 1. The lowest BCUT2D eigenvalue weighted by atomic mass is 9.96. The molecule has 0 saturated carbocycles. The Hall–Kier alpha value is -3.16. The van der Waals surface area contributed by atoms with Crippen LogP contribution in [-0.2, 0) is 9.53 Å². The van der Waals surface area contributed by atoms with Gasteiger partial charge in [0.1, 0.15) is 5.75 Å². The van der Waals surface area contributed by atoms with E-state index in [2.05, 4.69) is 4.99 Å². The van der Waals surface area contributed by atoms with Crippen LogP contribution in [0.2, 0.25) is 5.02 Å². The first-order valence-electron chi connectivity index (χ1n) is 9.43. The number of hydrogen-bond acceptors (Lipinski definition) is 6. The fourth-order valence-electron chi connectivity index (χ4n) is 3.50. The van der Waals surface area contributed by atoms with E-state index in [1.54, 1.807) is 48.9 Å². The number of halogens is 1. The molecule has 3 aromatic rings. The van der Waals surface area contributed by atoms with Crippen molar-refractivity contribution in [1.82, 2.24) is 4.57 Å². The Morgan fingerprint density at radius 2 is 1.81 bits per heavy atom. The number of methoxy groups -OCH3 is 2. The SMILES string of the molecule is COC(=O)C1=C(C)N=c2s/c(=C\c3ccc(Cl)cc3)c(=O)n2C1c1ccc(OC)cc1. The van der Waals surface area contributed by atoms with Gasteiger partial charge < -0.3 is 9.47 Å². The zero-order valence-corrected chi connectivity index (χ0v) is 18.7. The van der Waals surface area contributed by atoms with Crippen LogP contribution in [-0.4, -0.2) is 24.8 Å². The van der Waals surface area contributed by atoms with Crippen molar-refractivity contribution in [3.05, 3.63) is 95.6 Å². The van der Waals surface area contributed by atoms with E-state index in [4.69, 9.17) is 21.1 Å². The van der Waals surface area contributed by atoms with Crippen LogP contribution >= 0.6 is 22.9 Å². The summed E-state index contributed by atoms with van der Waals surface area (Å²) in [6.07, 6.45) is 1.79. The molecule has 0 saturated heterocycles. The van der Waals surface area contributed by atoms with Crippen molar-refractivity contribution in [2.75, 3.05) is 14.2 Å². The molecule has 158 valence electrons. The summed E-state index contributed by atoms with van der Waals surface area (Å²) >= 11 is 7.24. The molecule has 2 heterocycles. The fraction of sp³-hybridized carbons (Fsp3) is 0.174. The van der Waals surface area contributed by atoms with E-state index in [9.17, 15) is 9.59 Å². The molecule has 0 spiro atoms. The number of carbonyl (C=O) groups is 1. The molecular weight excluding hydrogens is 436 g/mol. The number of carbonyl (C=O) groups excluding carboxylic acids is 1. The van der Waals surface area contributed by atoms with Crippen LogP contribution in [0.4, 0.5) is 0 Å². The monoisotopic (exact) mass is 454 g/mol. The maximum Gasteiger partial charge on any atom is 0.338 e. The number of thiazole rings is 1. The van der Waals surface area contributed by atoms with Crippen LogP contribution in [0.15, 0.2) is 69.6 Å². The minimum absolute atomic E-state index is 0.228. The predicted octanol–water partition coefficient (Wildman–Crippen LogP) is 3.07. The molecule has 4 rings (SSSR count). The fourth-order valence-corrected chi connectivity index (χ4v) is 4.68. The molecule has 6 nitrogen and oxygen atoms in total. The van der Waals surface area contributed by atoms with Gasteiger partial charge in [0.05, 0.1) is 36.1 Å². The van der Waals surface area contributed by atoms with Crippen LogP contribution in [0.1, 0.15) is 24.1 Å². The van der Waals surface area contributed by atoms with Gasteiger partial charge in [-0.15, -0.1) is 0 Å². The third kappa shape index (κ3) is 3.94. The van der Waals surface area contributed by atoms with Crippen LogP contribution in [0.5, 0.6) is 5.75 Å². The van der Waals surface area contributed by atoms with E-state index < -0.39 is 12.0 Å². The summed E-state index contributed by atoms with van der Waals surface area (Å²) in [7, 11) is 2.90. The minimum atomic E-state index is -0.651. The second-order valence-corrected chi connectivity index (χ2v) is 8.34. The normalized spacial score (nSPS) is 16.0. The smallest absolute Gasteiger partial charge is 0.338 e. The maximum atomic E-state index is 13.4. The van der Waals surface area contributed by atoms with E-state index in [0.29, 0.717) is 31.4 Å². The van der Waals surface area contributed by atoms with Crippen LogP contribution < -0.4 is 19.6 Å². The van der Waals surface area contributed by atoms with Gasteiger partial charge in [-0.05, 0) is 48.4 Å². The molecule has 0 radical (unpaired) electrons. The van der Waals surface area contributed by atoms with E-state index in [1.165, 1.54) is 18.4 Å². The summed E-state index contributed by atoms with van der Waals surface area (Å²) in [5.74, 6) is 0.160. The van der Waals surface area contributed by atoms with Crippen LogP contribution in [0, 0.1) is 0 Å². The second kappa shape index (κ2) is 8.53. The lowest BCUT2D eigenvalue weighted by molar-refractivity contribution is -0.136. The molecule has 0 N–H and O–H groups in total. The zero-order chi connectivity index (χ0) is 22.1. The van der Waals surface area contributed by atoms with Crippen molar-refractivity contribution in [3.63, 3.8) is 0 Å². The quantitative estimate of drug-likeness (QED) is 0.568. The Labute approximate surface area is 187 Å². The molecule has 2 aromatic carbocycles. The van der Waals surface area contributed by atoms with Crippen molar-refractivity contribution in [2.45, 2.75) is 13.0 Å². The molecular formula is C23H19ClN2O4S. The zero-order valence-electron chi connectivity index (χ0n) is 17.1. The predicted molar refractivity (Wildman–Crippen MR) is 120 cm³/mol. The molecule has 1 aromatic heterocycles. The number of benzene rings is 2. The van der Waals surface area contributed by atoms with Crippen LogP contribution in [0.3, 0.4) is 0 Å². The van der Waals surface area contributed by atoms with Gasteiger partial charge in [-0.3, -0.25) is 9.36 Å². The van der Waals surface area contributed by atoms with E-state index in [0.717, 1.165) is 11.1 Å². The van der Waals surface area contributed by atoms with Crippen LogP contribution in [0.25, 0.3) is 6.08 Å². The van der Waals surface area contributed by atoms with Gasteiger partial charge in [0.2, 0.25) is 0 Å². The Balaban J connectivity index is 1.94. The topological polar surface area (TPSA) is 69.9 Å². The van der Waals surface area contributed by atoms with Crippen molar-refractivity contribution in [3.8, 4) is 5.75 Å². The summed E-state index contributed by atoms with van der Waals surface area (Å²) < 4.78 is 12.3. The third-order valence-electron chi connectivity index (χ3n) is 5.03. The lowest BCUT2D eigenvalue weighted by Gasteiger charge is -2.24. The van der Waals surface area contributed by atoms with E-state index in [1.807, 2.05) is 24.3 Å². The number of esters is 1. The molecule has 31 heavy (non-hydrogen) atoms. The number of aromatic nitrogens is 1. The highest BCUT2D eigenvalue weighted by atomic mass is 35.5. The molecule has 0 amide bonds. The van der Waals surface area contributed by atoms with Gasteiger partial charge >= 0.3 is 5.97 Å². The van der Waals surface area contributed by atoms with Gasteiger partial charge in [-0.2, -0.15) is 0 Å². The van der Waals surface area contributed by atoms with Gasteiger partial charge in [-0.25, -0.2) is 9.79 Å². The highest BCUT2D eigenvalue weighted by molar-refractivity contribution is 7.07. The number of hydrogen-bond donors (Lipinski definition) is 0. The van der Waals surface area contributed by atoms with Gasteiger partial charge in [0, 0.05) is 5.02 Å². The Morgan fingerprint density at radius 3 is 2.42 bits per heavy atom. The highest BCUT2D eigenvalue weighted by Gasteiger charge is 2.33. The molecule has 1 unspecified atom stereocenters. The molecule has 0 fully saturated rings. The largest absolute Gasteiger partial charge is 0.497 e. The van der Waals surface area contributed by atoms with Gasteiger partial charge in [-0.1, -0.05) is 47.2 Å². The molecule has 0 aliphatic carbocycles. The summed E-state index contributed by atoms with van der Waals surface area (Å²) in [6.45, 7) is 1.75. The number of nitrogens with zero attached hydrogens (tertiary/aromatic N) is 2. The molecule has 1 aliphatic rings. The van der Waals surface area contributed by atoms with Gasteiger partial charge in [0.25, 0.3) is 5.56 Å². The maximum absolute atomic E-state index is 13.4.